The highest BCUT2D eigenvalue weighted by Crippen LogP contribution is 2.27. The monoisotopic (exact) mass is 800 g/mol. The lowest BCUT2D eigenvalue weighted by molar-refractivity contribution is -0.165. The van der Waals surface area contributed by atoms with Crippen LogP contribution in [0.25, 0.3) is 33.8 Å². The van der Waals surface area contributed by atoms with Gasteiger partial charge in [-0.25, -0.2) is 19.6 Å². The largest absolute Gasteiger partial charge is 0.479 e. The fraction of sp³-hybridized carbons (Fsp3) is 0.286. The van der Waals surface area contributed by atoms with Crippen molar-refractivity contribution in [3.8, 4) is 22.5 Å². The van der Waals surface area contributed by atoms with Crippen molar-refractivity contribution in [3.63, 3.8) is 0 Å². The van der Waals surface area contributed by atoms with Crippen LogP contribution in [0.4, 0.5) is 0 Å². The van der Waals surface area contributed by atoms with Crippen LogP contribution in [0.5, 0.6) is 0 Å². The van der Waals surface area contributed by atoms with Gasteiger partial charge in [-0.05, 0) is 51.0 Å². The second kappa shape index (κ2) is 19.7. The molecule has 0 radical (unpaired) electrons. The molecule has 0 fully saturated rings. The molecule has 4 N–H and O–H groups in total. The maximum absolute atomic E-state index is 12.3. The Bertz CT molecular complexity index is 2190. The van der Waals surface area contributed by atoms with Crippen molar-refractivity contribution in [1.29, 1.82) is 0 Å². The average Bonchev–Trinajstić information content (AvgIpc) is 3.69. The van der Waals surface area contributed by atoms with Gasteiger partial charge in [0.15, 0.2) is 12.2 Å². The highest BCUT2D eigenvalue weighted by molar-refractivity contribution is 5.85. The number of likely N-dealkylation sites (N-methyl/N-ethyl adjacent to an activating group) is 2. The molecule has 4 aromatic heterocycles. The summed E-state index contributed by atoms with van der Waals surface area (Å²) >= 11 is 0. The standard InChI is InChI=1S/2C19H21N3O.C4H6O6.ClH/c2*1-13-5-8-15(9-6-13)19-16(11-18(23)21(3)4)22-12-14(2)7-10-17(22)20-19;5-1(3(7)8)2(6)4(9)10;/h2*5-10,12H,11H2,1-4H3;1-2,5-6H,(H,7,8)(H,9,10);1H. The van der Waals surface area contributed by atoms with E-state index in [4.69, 9.17) is 30.4 Å². The lowest BCUT2D eigenvalue weighted by Crippen LogP contribution is -2.39. The maximum atomic E-state index is 12.3. The molecule has 0 bridgehead atoms. The first-order valence-electron chi connectivity index (χ1n) is 17.7. The Hall–Kier alpha value is -6.09. The number of carboxylic acid groups (broad SMARTS) is 2. The number of aryl methyl sites for hydroxylation is 4. The van der Waals surface area contributed by atoms with Crippen molar-refractivity contribution in [1.82, 2.24) is 28.6 Å². The number of carbonyl (C=O) groups is 4. The Morgan fingerprint density at radius 3 is 1.12 bits per heavy atom. The number of benzene rings is 2. The van der Waals surface area contributed by atoms with E-state index >= 15 is 0 Å². The number of rotatable bonds is 9. The molecule has 0 aliphatic carbocycles. The van der Waals surface area contributed by atoms with Crippen LogP contribution >= 0.6 is 12.4 Å². The highest BCUT2D eigenvalue weighted by Gasteiger charge is 2.29. The zero-order valence-corrected chi connectivity index (χ0v) is 34.0. The van der Waals surface area contributed by atoms with Crippen molar-refractivity contribution in [2.45, 2.75) is 52.7 Å². The van der Waals surface area contributed by atoms with Crippen LogP contribution in [-0.2, 0) is 32.0 Å². The molecule has 4 heterocycles. The van der Waals surface area contributed by atoms with Gasteiger partial charge >= 0.3 is 11.9 Å². The van der Waals surface area contributed by atoms with Crippen LogP contribution in [0.2, 0.25) is 0 Å². The van der Waals surface area contributed by atoms with E-state index in [1.165, 1.54) is 11.1 Å². The third-order valence-electron chi connectivity index (χ3n) is 8.82. The number of hydrogen-bond acceptors (Lipinski definition) is 8. The summed E-state index contributed by atoms with van der Waals surface area (Å²) in [7, 11) is 7.12. The van der Waals surface area contributed by atoms with E-state index in [-0.39, 0.29) is 24.2 Å². The number of imidazole rings is 2. The van der Waals surface area contributed by atoms with Crippen molar-refractivity contribution in [2.24, 2.45) is 0 Å². The molecule has 2 unspecified atom stereocenters. The van der Waals surface area contributed by atoms with E-state index < -0.39 is 24.1 Å². The first kappa shape index (κ1) is 45.3. The van der Waals surface area contributed by atoms with E-state index in [2.05, 4.69) is 62.4 Å². The van der Waals surface area contributed by atoms with Crippen LogP contribution in [0.1, 0.15) is 33.6 Å². The van der Waals surface area contributed by atoms with Gasteiger partial charge in [-0.2, -0.15) is 0 Å². The van der Waals surface area contributed by atoms with Crippen molar-refractivity contribution in [2.75, 3.05) is 28.2 Å². The maximum Gasteiger partial charge on any atom is 0.335 e. The molecule has 57 heavy (non-hydrogen) atoms. The third kappa shape index (κ3) is 11.5. The van der Waals surface area contributed by atoms with Gasteiger partial charge in [-0.15, -0.1) is 12.4 Å². The molecule has 0 aliphatic heterocycles. The zero-order valence-electron chi connectivity index (χ0n) is 33.2. The lowest BCUT2D eigenvalue weighted by atomic mass is 10.1. The van der Waals surface area contributed by atoms with E-state index in [9.17, 15) is 19.2 Å². The quantitative estimate of drug-likeness (QED) is 0.158. The number of aliphatic hydroxyl groups is 2. The number of fused-ring (bicyclic) bond motifs is 2. The van der Waals surface area contributed by atoms with Gasteiger partial charge < -0.3 is 39.0 Å². The summed E-state index contributed by atoms with van der Waals surface area (Å²) < 4.78 is 4.07. The number of aliphatic carboxylic acids is 2. The van der Waals surface area contributed by atoms with Crippen LogP contribution < -0.4 is 0 Å². The number of pyridine rings is 2. The number of nitrogens with zero attached hydrogens (tertiary/aromatic N) is 6. The van der Waals surface area contributed by atoms with Gasteiger partial charge in [0.25, 0.3) is 0 Å². The fourth-order valence-corrected chi connectivity index (χ4v) is 5.49. The zero-order chi connectivity index (χ0) is 41.4. The predicted molar refractivity (Wildman–Crippen MR) is 220 cm³/mol. The third-order valence-corrected chi connectivity index (χ3v) is 8.82. The summed E-state index contributed by atoms with van der Waals surface area (Å²) in [6.45, 7) is 8.21. The highest BCUT2D eigenvalue weighted by atomic mass is 35.5. The molecule has 2 amide bonds. The average molecular weight is 801 g/mol. The minimum atomic E-state index is -2.27. The molecule has 2 aromatic carbocycles. The van der Waals surface area contributed by atoms with Gasteiger partial charge in [-0.3, -0.25) is 9.59 Å². The topological polar surface area (TPSA) is 190 Å². The van der Waals surface area contributed by atoms with Crippen LogP contribution in [0, 0.1) is 27.7 Å². The molecule has 0 spiro atoms. The fourth-order valence-electron chi connectivity index (χ4n) is 5.49. The second-order valence-corrected chi connectivity index (χ2v) is 13.9. The minimum absolute atomic E-state index is 0. The summed E-state index contributed by atoms with van der Waals surface area (Å²) in [6.07, 6.45) is 0.216. The van der Waals surface area contributed by atoms with Crippen molar-refractivity contribution in [3.05, 3.63) is 119 Å². The molecule has 6 aromatic rings. The Morgan fingerprint density at radius 1 is 0.544 bits per heavy atom. The molecule has 0 saturated carbocycles. The number of halogens is 1. The van der Waals surface area contributed by atoms with Gasteiger partial charge in [0.2, 0.25) is 11.8 Å². The van der Waals surface area contributed by atoms with Crippen LogP contribution in [0.3, 0.4) is 0 Å². The number of aromatic nitrogens is 4. The first-order valence-corrected chi connectivity index (χ1v) is 17.7. The SMILES string of the molecule is Cc1ccc(-c2nc3ccc(C)cn3c2CC(=O)N(C)C)cc1.Cc1ccc(-c2nc3ccc(C)cn3c2CC(=O)N(C)C)cc1.Cl.O=C(O)C(O)C(O)C(=O)O. The Morgan fingerprint density at radius 2 is 0.842 bits per heavy atom. The van der Waals surface area contributed by atoms with Crippen LogP contribution in [-0.4, -0.2) is 113 Å². The smallest absolute Gasteiger partial charge is 0.335 e. The Kier molecular flexibility index (Phi) is 15.6. The molecule has 0 aliphatic rings. The molecule has 2 atom stereocenters. The predicted octanol–water partition coefficient (Wildman–Crippen LogP) is 4.80. The van der Waals surface area contributed by atoms with Crippen molar-refractivity contribution < 1.29 is 39.6 Å². The lowest BCUT2D eigenvalue weighted by Gasteiger charge is -2.11. The molecular weight excluding hydrogens is 752 g/mol. The van der Waals surface area contributed by atoms with Gasteiger partial charge in [-0.1, -0.05) is 71.8 Å². The molecule has 6 rings (SSSR count). The molecule has 0 saturated heterocycles. The van der Waals surface area contributed by atoms with E-state index in [0.717, 1.165) is 56.3 Å². The van der Waals surface area contributed by atoms with Crippen LogP contribution in [0.15, 0.2) is 85.2 Å². The van der Waals surface area contributed by atoms with Gasteiger partial charge in [0.05, 0.1) is 35.6 Å². The number of aliphatic hydroxyl groups excluding tert-OH is 2. The first-order chi connectivity index (χ1) is 26.4. The number of amides is 2. The van der Waals surface area contributed by atoms with Gasteiger partial charge in [0, 0.05) is 51.7 Å². The van der Waals surface area contributed by atoms with E-state index in [0.29, 0.717) is 12.8 Å². The molecule has 14 nitrogen and oxygen atoms in total. The summed E-state index contributed by atoms with van der Waals surface area (Å²) in [5.74, 6) is -3.40. The van der Waals surface area contributed by atoms with E-state index in [1.54, 1.807) is 38.0 Å². The molecule has 15 heteroatoms. The Balaban J connectivity index is 0.000000245. The second-order valence-electron chi connectivity index (χ2n) is 13.9. The summed E-state index contributed by atoms with van der Waals surface area (Å²) in [6, 6.07) is 24.6. The molecule has 302 valence electrons. The molecular formula is C42H49ClN6O8. The van der Waals surface area contributed by atoms with E-state index in [1.807, 2.05) is 59.3 Å². The normalized spacial score (nSPS) is 11.6. The summed E-state index contributed by atoms with van der Waals surface area (Å²) in [5, 5.41) is 32.5. The number of carbonyl (C=O) groups excluding carboxylic acids is 2. The van der Waals surface area contributed by atoms with Crippen molar-refractivity contribution >= 4 is 47.5 Å². The number of hydrogen-bond donors (Lipinski definition) is 4. The van der Waals surface area contributed by atoms with Gasteiger partial charge in [0.1, 0.15) is 11.3 Å². The number of carboxylic acids is 2. The summed E-state index contributed by atoms with van der Waals surface area (Å²) in [4.78, 5) is 56.8. The summed E-state index contributed by atoms with van der Waals surface area (Å²) in [5.41, 5.74) is 12.2. The minimum Gasteiger partial charge on any atom is -0.479 e. The Labute approximate surface area is 337 Å².